The zero-order valence-electron chi connectivity index (χ0n) is 18.9. The van der Waals surface area contributed by atoms with Crippen LogP contribution < -0.4 is 14.8 Å². The molecule has 1 aliphatic heterocycles. The second kappa shape index (κ2) is 7.99. The average Bonchev–Trinajstić information content (AvgIpc) is 3.37. The second-order valence-corrected chi connectivity index (χ2v) is 11.1. The number of anilines is 1. The molecule has 7 atom stereocenters. The van der Waals surface area contributed by atoms with Crippen LogP contribution in [0.5, 0.6) is 11.5 Å². The number of carbonyl (C=O) groups is 1. The molecule has 0 radical (unpaired) electrons. The number of aldehydes is 1. The first-order valence-electron chi connectivity index (χ1n) is 12.2. The van der Waals surface area contributed by atoms with E-state index in [2.05, 4.69) is 19.2 Å². The van der Waals surface area contributed by atoms with E-state index in [0.717, 1.165) is 49.4 Å². The number of ether oxygens (including phenoxy) is 2. The second-order valence-electron chi connectivity index (χ2n) is 11.1. The van der Waals surface area contributed by atoms with E-state index in [4.69, 9.17) is 9.47 Å². The van der Waals surface area contributed by atoms with Crippen LogP contribution in [0.15, 0.2) is 18.2 Å². The number of hydrogen-bond donors (Lipinski definition) is 2. The molecule has 0 amide bonds. The molecule has 31 heavy (non-hydrogen) atoms. The largest absolute Gasteiger partial charge is 0.454 e. The minimum absolute atomic E-state index is 0.198. The van der Waals surface area contributed by atoms with Crippen molar-refractivity contribution in [3.63, 3.8) is 0 Å². The van der Waals surface area contributed by atoms with Gasteiger partial charge in [0.05, 0.1) is 6.10 Å². The van der Waals surface area contributed by atoms with E-state index < -0.39 is 0 Å². The van der Waals surface area contributed by atoms with Crippen molar-refractivity contribution in [2.24, 2.45) is 34.5 Å². The molecule has 5 rings (SSSR count). The van der Waals surface area contributed by atoms with Gasteiger partial charge in [0.25, 0.3) is 0 Å². The molecular formula is C26H37NO4. The predicted molar refractivity (Wildman–Crippen MR) is 120 cm³/mol. The third-order valence-corrected chi connectivity index (χ3v) is 9.73. The van der Waals surface area contributed by atoms with Crippen molar-refractivity contribution in [3.8, 4) is 11.5 Å². The van der Waals surface area contributed by atoms with E-state index in [1.807, 2.05) is 18.2 Å². The van der Waals surface area contributed by atoms with Crippen LogP contribution in [-0.4, -0.2) is 30.8 Å². The molecule has 1 aromatic carbocycles. The van der Waals surface area contributed by atoms with Gasteiger partial charge in [-0.05, 0) is 92.1 Å². The van der Waals surface area contributed by atoms with Gasteiger partial charge in [-0.2, -0.15) is 0 Å². The Labute approximate surface area is 185 Å². The minimum atomic E-state index is -0.198. The quantitative estimate of drug-likeness (QED) is 0.646. The van der Waals surface area contributed by atoms with E-state index in [1.54, 1.807) is 0 Å². The third-order valence-electron chi connectivity index (χ3n) is 9.73. The number of aliphatic hydroxyl groups excluding tert-OH is 1. The number of carbonyl (C=O) groups excluding carboxylic acids is 1. The van der Waals surface area contributed by atoms with Crippen molar-refractivity contribution < 1.29 is 19.4 Å². The number of hydrogen-bond acceptors (Lipinski definition) is 5. The fraction of sp³-hybridized carbons (Fsp3) is 0.731. The zero-order valence-corrected chi connectivity index (χ0v) is 18.9. The number of nitrogens with one attached hydrogen (secondary N) is 1. The summed E-state index contributed by atoms with van der Waals surface area (Å²) in [6, 6.07) is 6.03. The number of aliphatic hydroxyl groups is 1. The zero-order chi connectivity index (χ0) is 21.6. The van der Waals surface area contributed by atoms with Gasteiger partial charge in [0, 0.05) is 24.2 Å². The lowest BCUT2D eigenvalue weighted by Gasteiger charge is -2.53. The first-order chi connectivity index (χ1) is 14.9. The van der Waals surface area contributed by atoms with Crippen LogP contribution in [-0.2, 0) is 4.79 Å². The summed E-state index contributed by atoms with van der Waals surface area (Å²) in [6.45, 7) is 6.00. The smallest absolute Gasteiger partial charge is 0.231 e. The Morgan fingerprint density at radius 2 is 1.81 bits per heavy atom. The Kier molecular flexibility index (Phi) is 5.44. The summed E-state index contributed by atoms with van der Waals surface area (Å²) < 4.78 is 11.0. The molecule has 2 N–H and O–H groups in total. The van der Waals surface area contributed by atoms with Crippen molar-refractivity contribution in [2.45, 2.75) is 71.3 Å². The predicted octanol–water partition coefficient (Wildman–Crippen LogP) is 5.03. The molecule has 3 fully saturated rings. The standard InChI is InChI=1S/C26H37NO4/c1-25-9-7-18(11-17(25)3-4-19(25)15-28)26(2)10-8-22(29)12-20(26)14-27-21-5-6-23-24(13-21)31-16-30-23/h5-6,13,15,17-20,22,27,29H,3-4,7-12,14,16H2,1-2H3/t17?,18?,19?,20-,22+,25+,26-/m0/s1. The molecule has 0 bridgehead atoms. The van der Waals surface area contributed by atoms with Crippen molar-refractivity contribution in [3.05, 3.63) is 18.2 Å². The van der Waals surface area contributed by atoms with Gasteiger partial charge in [-0.25, -0.2) is 0 Å². The SMILES string of the molecule is C[C@@]12CCC([C@]3(C)CC[C@@H](O)C[C@H]3CNc3ccc4c(c3)OCO4)CC1CCC2C=O. The van der Waals surface area contributed by atoms with Crippen molar-refractivity contribution in [1.82, 2.24) is 0 Å². The van der Waals surface area contributed by atoms with Crippen LogP contribution in [0.25, 0.3) is 0 Å². The Morgan fingerprint density at radius 3 is 2.65 bits per heavy atom. The summed E-state index contributed by atoms with van der Waals surface area (Å²) in [5.41, 5.74) is 1.49. The fourth-order valence-corrected chi connectivity index (χ4v) is 7.39. The molecular weight excluding hydrogens is 390 g/mol. The molecule has 0 saturated heterocycles. The maximum absolute atomic E-state index is 11.6. The lowest BCUT2D eigenvalue weighted by molar-refractivity contribution is -0.116. The van der Waals surface area contributed by atoms with E-state index in [9.17, 15) is 9.90 Å². The Hall–Kier alpha value is -1.75. The van der Waals surface area contributed by atoms with Gasteiger partial charge in [0.2, 0.25) is 6.79 Å². The highest BCUT2D eigenvalue weighted by Crippen LogP contribution is 2.61. The Bertz CT molecular complexity index is 828. The molecule has 3 aliphatic carbocycles. The van der Waals surface area contributed by atoms with Gasteiger partial charge in [-0.3, -0.25) is 0 Å². The fourth-order valence-electron chi connectivity index (χ4n) is 7.39. The number of benzene rings is 1. The van der Waals surface area contributed by atoms with Gasteiger partial charge < -0.3 is 24.7 Å². The summed E-state index contributed by atoms with van der Waals surface area (Å²) in [7, 11) is 0. The highest BCUT2D eigenvalue weighted by molar-refractivity contribution is 5.56. The Morgan fingerprint density at radius 1 is 1.03 bits per heavy atom. The molecule has 170 valence electrons. The van der Waals surface area contributed by atoms with Crippen LogP contribution in [0, 0.1) is 34.5 Å². The van der Waals surface area contributed by atoms with Gasteiger partial charge in [0.15, 0.2) is 11.5 Å². The molecule has 3 saturated carbocycles. The van der Waals surface area contributed by atoms with Gasteiger partial charge >= 0.3 is 0 Å². The van der Waals surface area contributed by atoms with Gasteiger partial charge in [-0.1, -0.05) is 13.8 Å². The number of fused-ring (bicyclic) bond motifs is 2. The summed E-state index contributed by atoms with van der Waals surface area (Å²) in [5, 5.41) is 14.1. The van der Waals surface area contributed by atoms with Crippen molar-refractivity contribution >= 4 is 12.0 Å². The van der Waals surface area contributed by atoms with Crippen LogP contribution in [0.4, 0.5) is 5.69 Å². The maximum atomic E-state index is 11.6. The van der Waals surface area contributed by atoms with Crippen LogP contribution in [0.1, 0.15) is 65.2 Å². The lowest BCUT2D eigenvalue weighted by Crippen LogP contribution is -2.48. The third kappa shape index (κ3) is 3.63. The molecule has 1 aromatic rings. The highest BCUT2D eigenvalue weighted by Gasteiger charge is 2.54. The number of rotatable bonds is 5. The molecule has 5 heteroatoms. The van der Waals surface area contributed by atoms with E-state index >= 15 is 0 Å². The minimum Gasteiger partial charge on any atom is -0.454 e. The topological polar surface area (TPSA) is 67.8 Å². The summed E-state index contributed by atoms with van der Waals surface area (Å²) in [4.78, 5) is 11.6. The molecule has 0 spiro atoms. The van der Waals surface area contributed by atoms with Crippen LogP contribution >= 0.6 is 0 Å². The maximum Gasteiger partial charge on any atom is 0.231 e. The first-order valence-corrected chi connectivity index (χ1v) is 12.2. The summed E-state index contributed by atoms with van der Waals surface area (Å²) in [6.07, 6.45) is 9.80. The molecule has 4 aliphatic rings. The molecule has 0 aromatic heterocycles. The first kappa shape index (κ1) is 21.1. The van der Waals surface area contributed by atoms with E-state index in [0.29, 0.717) is 24.5 Å². The Balaban J connectivity index is 1.30. The van der Waals surface area contributed by atoms with E-state index in [1.165, 1.54) is 32.0 Å². The van der Waals surface area contributed by atoms with Crippen LogP contribution in [0.3, 0.4) is 0 Å². The monoisotopic (exact) mass is 427 g/mol. The summed E-state index contributed by atoms with van der Waals surface area (Å²) in [5.74, 6) is 3.63. The lowest BCUT2D eigenvalue weighted by atomic mass is 9.52. The van der Waals surface area contributed by atoms with Crippen molar-refractivity contribution in [2.75, 3.05) is 18.7 Å². The average molecular weight is 428 g/mol. The normalized spacial score (nSPS) is 41.6. The van der Waals surface area contributed by atoms with Gasteiger partial charge in [0.1, 0.15) is 6.29 Å². The molecule has 1 heterocycles. The van der Waals surface area contributed by atoms with Crippen LogP contribution in [0.2, 0.25) is 0 Å². The molecule has 3 unspecified atom stereocenters. The molecule has 5 nitrogen and oxygen atoms in total. The van der Waals surface area contributed by atoms with Crippen molar-refractivity contribution in [1.29, 1.82) is 0 Å². The highest BCUT2D eigenvalue weighted by atomic mass is 16.7. The van der Waals surface area contributed by atoms with E-state index in [-0.39, 0.29) is 22.9 Å². The summed E-state index contributed by atoms with van der Waals surface area (Å²) >= 11 is 0. The van der Waals surface area contributed by atoms with Gasteiger partial charge in [-0.15, -0.1) is 0 Å².